The molecule has 0 bridgehead atoms. The van der Waals surface area contributed by atoms with Crippen LogP contribution in [-0.4, -0.2) is 36.5 Å². The second-order valence-corrected chi connectivity index (χ2v) is 6.32. The van der Waals surface area contributed by atoms with E-state index in [2.05, 4.69) is 17.1 Å². The van der Waals surface area contributed by atoms with E-state index in [1.54, 1.807) is 0 Å². The Morgan fingerprint density at radius 3 is 2.63 bits per heavy atom. The second-order valence-electron chi connectivity index (χ2n) is 6.32. The maximum Gasteiger partial charge on any atom is 0.222 e. The molecule has 2 rings (SSSR count). The van der Waals surface area contributed by atoms with Gasteiger partial charge in [-0.3, -0.25) is 4.79 Å². The van der Waals surface area contributed by atoms with E-state index in [0.29, 0.717) is 11.9 Å². The molecule has 1 N–H and O–H groups in total. The summed E-state index contributed by atoms with van der Waals surface area (Å²) in [7, 11) is 0. The molecule has 1 atom stereocenters. The number of amides is 1. The molecule has 110 valence electrons. The first-order valence-corrected chi connectivity index (χ1v) is 8.30. The van der Waals surface area contributed by atoms with Crippen LogP contribution in [0.4, 0.5) is 0 Å². The summed E-state index contributed by atoms with van der Waals surface area (Å²) in [4.78, 5) is 14.5. The molecular formula is C16H30N2O. The van der Waals surface area contributed by atoms with Crippen LogP contribution in [0, 0.1) is 5.92 Å². The van der Waals surface area contributed by atoms with Crippen LogP contribution in [0.2, 0.25) is 0 Å². The minimum absolute atomic E-state index is 0.391. The molecule has 3 heteroatoms. The lowest BCUT2D eigenvalue weighted by Crippen LogP contribution is -2.41. The van der Waals surface area contributed by atoms with Gasteiger partial charge in [0.2, 0.25) is 5.91 Å². The molecule has 1 aliphatic heterocycles. The fourth-order valence-corrected chi connectivity index (χ4v) is 3.55. The van der Waals surface area contributed by atoms with E-state index in [1.807, 2.05) is 0 Å². The first kappa shape index (κ1) is 14.8. The van der Waals surface area contributed by atoms with Crippen LogP contribution in [0.25, 0.3) is 0 Å². The molecule has 1 saturated heterocycles. The molecule has 0 spiro atoms. The first-order valence-electron chi connectivity index (χ1n) is 8.30. The molecule has 0 aromatic carbocycles. The molecule has 2 fully saturated rings. The molecular weight excluding hydrogens is 236 g/mol. The van der Waals surface area contributed by atoms with Gasteiger partial charge in [-0.15, -0.1) is 0 Å². The number of nitrogens with one attached hydrogen (secondary N) is 1. The average molecular weight is 266 g/mol. The highest BCUT2D eigenvalue weighted by molar-refractivity contribution is 5.76. The van der Waals surface area contributed by atoms with Crippen molar-refractivity contribution in [2.45, 2.75) is 70.8 Å². The Labute approximate surface area is 118 Å². The molecule has 0 radical (unpaired) electrons. The maximum atomic E-state index is 12.4. The van der Waals surface area contributed by atoms with E-state index in [0.717, 1.165) is 44.8 Å². The van der Waals surface area contributed by atoms with Crippen LogP contribution >= 0.6 is 0 Å². The summed E-state index contributed by atoms with van der Waals surface area (Å²) in [6.07, 6.45) is 10.9. The van der Waals surface area contributed by atoms with Gasteiger partial charge in [-0.1, -0.05) is 32.6 Å². The predicted molar refractivity (Wildman–Crippen MR) is 79.1 cm³/mol. The van der Waals surface area contributed by atoms with Crippen molar-refractivity contribution in [3.05, 3.63) is 0 Å². The zero-order valence-electron chi connectivity index (χ0n) is 12.5. The number of hydrogen-bond acceptors (Lipinski definition) is 2. The largest absolute Gasteiger partial charge is 0.341 e. The van der Waals surface area contributed by atoms with Gasteiger partial charge in [0.15, 0.2) is 0 Å². The highest BCUT2D eigenvalue weighted by atomic mass is 16.2. The lowest BCUT2D eigenvalue weighted by molar-refractivity contribution is -0.131. The van der Waals surface area contributed by atoms with E-state index in [9.17, 15) is 4.79 Å². The van der Waals surface area contributed by atoms with Crippen molar-refractivity contribution in [1.82, 2.24) is 10.2 Å². The van der Waals surface area contributed by atoms with Gasteiger partial charge >= 0.3 is 0 Å². The van der Waals surface area contributed by atoms with Crippen molar-refractivity contribution in [2.24, 2.45) is 5.92 Å². The SMILES string of the molecule is CCCN(CC1CCCN1)C(=O)CCC1CCCC1. The Morgan fingerprint density at radius 2 is 2.00 bits per heavy atom. The maximum absolute atomic E-state index is 12.4. The number of hydrogen-bond donors (Lipinski definition) is 1. The van der Waals surface area contributed by atoms with Crippen molar-refractivity contribution in [3.63, 3.8) is 0 Å². The summed E-state index contributed by atoms with van der Waals surface area (Å²) in [6, 6.07) is 0.544. The van der Waals surface area contributed by atoms with Gasteiger partial charge < -0.3 is 10.2 Å². The third kappa shape index (κ3) is 4.79. The smallest absolute Gasteiger partial charge is 0.222 e. The van der Waals surface area contributed by atoms with E-state index >= 15 is 0 Å². The third-order valence-corrected chi connectivity index (χ3v) is 4.69. The normalized spacial score (nSPS) is 23.9. The summed E-state index contributed by atoms with van der Waals surface area (Å²) in [5.74, 6) is 1.22. The minimum Gasteiger partial charge on any atom is -0.341 e. The van der Waals surface area contributed by atoms with Gasteiger partial charge in [-0.25, -0.2) is 0 Å². The Balaban J connectivity index is 1.73. The molecule has 1 amide bonds. The van der Waals surface area contributed by atoms with E-state index in [1.165, 1.54) is 38.5 Å². The van der Waals surface area contributed by atoms with Gasteiger partial charge in [0, 0.05) is 25.6 Å². The van der Waals surface area contributed by atoms with Gasteiger partial charge in [0.25, 0.3) is 0 Å². The average Bonchev–Trinajstić information content (AvgIpc) is 3.08. The van der Waals surface area contributed by atoms with Crippen LogP contribution in [0.15, 0.2) is 0 Å². The Hall–Kier alpha value is -0.570. The predicted octanol–water partition coefficient (Wildman–Crippen LogP) is 2.95. The minimum atomic E-state index is 0.391. The van der Waals surface area contributed by atoms with Crippen molar-refractivity contribution >= 4 is 5.91 Å². The number of rotatable bonds is 7. The summed E-state index contributed by atoms with van der Waals surface area (Å²) in [5, 5.41) is 3.50. The lowest BCUT2D eigenvalue weighted by Gasteiger charge is -2.26. The molecule has 1 saturated carbocycles. The second kappa shape index (κ2) is 7.88. The molecule has 1 aliphatic carbocycles. The van der Waals surface area contributed by atoms with E-state index in [-0.39, 0.29) is 0 Å². The highest BCUT2D eigenvalue weighted by Crippen LogP contribution is 2.28. The molecule has 0 aromatic rings. The molecule has 2 aliphatic rings. The van der Waals surface area contributed by atoms with Gasteiger partial charge in [0.1, 0.15) is 0 Å². The fraction of sp³-hybridized carbons (Fsp3) is 0.938. The van der Waals surface area contributed by atoms with E-state index in [4.69, 9.17) is 0 Å². The summed E-state index contributed by atoms with van der Waals surface area (Å²) in [5.41, 5.74) is 0. The number of nitrogens with zero attached hydrogens (tertiary/aromatic N) is 1. The topological polar surface area (TPSA) is 32.3 Å². The van der Waals surface area contributed by atoms with Crippen molar-refractivity contribution in [3.8, 4) is 0 Å². The highest BCUT2D eigenvalue weighted by Gasteiger charge is 2.22. The quantitative estimate of drug-likeness (QED) is 0.768. The van der Waals surface area contributed by atoms with Crippen LogP contribution in [0.3, 0.4) is 0 Å². The fourth-order valence-electron chi connectivity index (χ4n) is 3.55. The van der Waals surface area contributed by atoms with Crippen molar-refractivity contribution in [2.75, 3.05) is 19.6 Å². The van der Waals surface area contributed by atoms with Gasteiger partial charge in [0.05, 0.1) is 0 Å². The van der Waals surface area contributed by atoms with Crippen LogP contribution in [0.5, 0.6) is 0 Å². The Morgan fingerprint density at radius 1 is 1.21 bits per heavy atom. The van der Waals surface area contributed by atoms with Crippen molar-refractivity contribution in [1.29, 1.82) is 0 Å². The molecule has 1 unspecified atom stereocenters. The van der Waals surface area contributed by atoms with Crippen molar-refractivity contribution < 1.29 is 4.79 Å². The summed E-state index contributed by atoms with van der Waals surface area (Å²) in [6.45, 7) is 5.15. The Kier molecular flexibility index (Phi) is 6.15. The molecule has 19 heavy (non-hydrogen) atoms. The third-order valence-electron chi connectivity index (χ3n) is 4.69. The van der Waals surface area contributed by atoms with Crippen LogP contribution in [-0.2, 0) is 4.79 Å². The summed E-state index contributed by atoms with van der Waals surface area (Å²) < 4.78 is 0. The standard InChI is InChI=1S/C16H30N2O/c1-2-12-18(13-15-8-5-11-17-15)16(19)10-9-14-6-3-4-7-14/h14-15,17H,2-13H2,1H3. The van der Waals surface area contributed by atoms with Gasteiger partial charge in [-0.05, 0) is 38.1 Å². The zero-order chi connectivity index (χ0) is 13.5. The molecule has 1 heterocycles. The van der Waals surface area contributed by atoms with Crippen LogP contribution in [0.1, 0.15) is 64.7 Å². The summed E-state index contributed by atoms with van der Waals surface area (Å²) >= 11 is 0. The zero-order valence-corrected chi connectivity index (χ0v) is 12.5. The van der Waals surface area contributed by atoms with E-state index < -0.39 is 0 Å². The first-order chi connectivity index (χ1) is 9.29. The molecule has 0 aromatic heterocycles. The van der Waals surface area contributed by atoms with Gasteiger partial charge in [-0.2, -0.15) is 0 Å². The number of carbonyl (C=O) groups excluding carboxylic acids is 1. The lowest BCUT2D eigenvalue weighted by atomic mass is 10.0. The van der Waals surface area contributed by atoms with Crippen LogP contribution < -0.4 is 5.32 Å². The monoisotopic (exact) mass is 266 g/mol. The number of carbonyl (C=O) groups is 1. The molecule has 3 nitrogen and oxygen atoms in total. The Bertz CT molecular complexity index is 268.